The Morgan fingerprint density at radius 1 is 1.04 bits per heavy atom. The third kappa shape index (κ3) is 6.38. The van der Waals surface area contributed by atoms with Gasteiger partial charge in [-0.3, -0.25) is 0 Å². The number of hydrogen-bond acceptors (Lipinski definition) is 4. The van der Waals surface area contributed by atoms with E-state index in [0.29, 0.717) is 11.4 Å². The van der Waals surface area contributed by atoms with E-state index in [9.17, 15) is 15.0 Å². The van der Waals surface area contributed by atoms with Crippen molar-refractivity contribution in [3.63, 3.8) is 0 Å². The number of ether oxygens (including phenoxy) is 1. The van der Waals surface area contributed by atoms with Crippen LogP contribution >= 0.6 is 11.6 Å². The topological polar surface area (TPSA) is 78.8 Å². The van der Waals surface area contributed by atoms with Crippen molar-refractivity contribution < 1.29 is 19.7 Å². The lowest BCUT2D eigenvalue weighted by Crippen LogP contribution is -2.29. The van der Waals surface area contributed by atoms with E-state index >= 15 is 0 Å². The number of aliphatic hydroxyl groups excluding tert-OH is 2. The average Bonchev–Trinajstić information content (AvgIpc) is 2.66. The first-order valence-electron chi connectivity index (χ1n) is 8.05. The number of hydrogen-bond donors (Lipinski definition) is 3. The SMILES string of the molecule is O=C(NCCC(O)C(O)c1ccc(CCl)cc1)OCc1ccccc1. The Morgan fingerprint density at radius 2 is 1.72 bits per heavy atom. The highest BCUT2D eigenvalue weighted by Gasteiger charge is 2.18. The lowest BCUT2D eigenvalue weighted by Gasteiger charge is -2.18. The van der Waals surface area contributed by atoms with Gasteiger partial charge >= 0.3 is 6.09 Å². The van der Waals surface area contributed by atoms with Gasteiger partial charge in [-0.2, -0.15) is 0 Å². The summed E-state index contributed by atoms with van der Waals surface area (Å²) in [6.45, 7) is 0.385. The maximum absolute atomic E-state index is 11.6. The van der Waals surface area contributed by atoms with Crippen LogP contribution in [0.2, 0.25) is 0 Å². The molecule has 5 nitrogen and oxygen atoms in total. The number of amides is 1. The molecule has 0 heterocycles. The van der Waals surface area contributed by atoms with Crippen LogP contribution in [0.25, 0.3) is 0 Å². The summed E-state index contributed by atoms with van der Waals surface area (Å²) in [5.74, 6) is 0.397. The molecule has 3 N–H and O–H groups in total. The highest BCUT2D eigenvalue weighted by Crippen LogP contribution is 2.19. The van der Waals surface area contributed by atoms with E-state index in [1.54, 1.807) is 24.3 Å². The van der Waals surface area contributed by atoms with Crippen molar-refractivity contribution >= 4 is 17.7 Å². The van der Waals surface area contributed by atoms with E-state index in [0.717, 1.165) is 11.1 Å². The monoisotopic (exact) mass is 363 g/mol. The lowest BCUT2D eigenvalue weighted by atomic mass is 10.0. The molecule has 0 saturated heterocycles. The summed E-state index contributed by atoms with van der Waals surface area (Å²) in [4.78, 5) is 11.6. The summed E-state index contributed by atoms with van der Waals surface area (Å²) in [6, 6.07) is 16.4. The summed E-state index contributed by atoms with van der Waals surface area (Å²) >= 11 is 5.72. The van der Waals surface area contributed by atoms with Crippen LogP contribution in [0.15, 0.2) is 54.6 Å². The number of aliphatic hydroxyl groups is 2. The van der Waals surface area contributed by atoms with Crippen LogP contribution in [0, 0.1) is 0 Å². The summed E-state index contributed by atoms with van der Waals surface area (Å²) < 4.78 is 5.07. The van der Waals surface area contributed by atoms with Crippen LogP contribution in [0.1, 0.15) is 29.2 Å². The van der Waals surface area contributed by atoms with Gasteiger partial charge in [0.05, 0.1) is 6.10 Å². The first-order chi connectivity index (χ1) is 12.1. The van der Waals surface area contributed by atoms with Crippen molar-refractivity contribution in [1.29, 1.82) is 0 Å². The van der Waals surface area contributed by atoms with Gasteiger partial charge in [-0.05, 0) is 23.1 Å². The fourth-order valence-electron chi connectivity index (χ4n) is 2.28. The second-order valence-electron chi connectivity index (χ2n) is 5.66. The molecule has 0 spiro atoms. The number of carbonyl (C=O) groups excluding carboxylic acids is 1. The molecule has 2 unspecified atom stereocenters. The van der Waals surface area contributed by atoms with E-state index in [4.69, 9.17) is 16.3 Å². The average molecular weight is 364 g/mol. The van der Waals surface area contributed by atoms with Gasteiger partial charge in [0.2, 0.25) is 0 Å². The van der Waals surface area contributed by atoms with Crippen molar-refractivity contribution in [3.8, 4) is 0 Å². The molecule has 0 bridgehead atoms. The van der Waals surface area contributed by atoms with E-state index in [2.05, 4.69) is 5.32 Å². The van der Waals surface area contributed by atoms with Gasteiger partial charge in [-0.25, -0.2) is 4.79 Å². The number of rotatable bonds is 8. The number of nitrogens with one attached hydrogen (secondary N) is 1. The predicted octanol–water partition coefficient (Wildman–Crippen LogP) is 3.14. The third-order valence-corrected chi connectivity index (χ3v) is 4.07. The van der Waals surface area contributed by atoms with Gasteiger partial charge in [0.1, 0.15) is 12.7 Å². The van der Waals surface area contributed by atoms with E-state index < -0.39 is 18.3 Å². The number of alkyl halides is 1. The van der Waals surface area contributed by atoms with Crippen molar-refractivity contribution in [3.05, 3.63) is 71.3 Å². The third-order valence-electron chi connectivity index (χ3n) is 3.76. The van der Waals surface area contributed by atoms with Crippen LogP contribution < -0.4 is 5.32 Å². The van der Waals surface area contributed by atoms with Crippen LogP contribution in [0.4, 0.5) is 4.79 Å². The second kappa shape index (κ2) is 10.0. The normalized spacial score (nSPS) is 13.1. The minimum absolute atomic E-state index is 0.185. The molecule has 0 fully saturated rings. The molecule has 0 aliphatic heterocycles. The zero-order chi connectivity index (χ0) is 18.1. The highest BCUT2D eigenvalue weighted by atomic mass is 35.5. The van der Waals surface area contributed by atoms with Crippen molar-refractivity contribution in [1.82, 2.24) is 5.32 Å². The van der Waals surface area contributed by atoms with Gasteiger partial charge in [0.15, 0.2) is 0 Å². The first kappa shape index (κ1) is 19.2. The zero-order valence-corrected chi connectivity index (χ0v) is 14.5. The lowest BCUT2D eigenvalue weighted by molar-refractivity contribution is 0.0136. The summed E-state index contributed by atoms with van der Waals surface area (Å²) in [7, 11) is 0. The molecule has 0 aromatic heterocycles. The van der Waals surface area contributed by atoms with Crippen LogP contribution in [-0.2, 0) is 17.2 Å². The first-order valence-corrected chi connectivity index (χ1v) is 8.59. The van der Waals surface area contributed by atoms with Gasteiger partial charge in [-0.1, -0.05) is 54.6 Å². The number of carbonyl (C=O) groups is 1. The quantitative estimate of drug-likeness (QED) is 0.629. The largest absolute Gasteiger partial charge is 0.445 e. The molecule has 2 aromatic carbocycles. The maximum atomic E-state index is 11.6. The Morgan fingerprint density at radius 3 is 2.36 bits per heavy atom. The van der Waals surface area contributed by atoms with Crippen LogP contribution in [0.3, 0.4) is 0 Å². The standard InChI is InChI=1S/C19H22ClNO4/c20-12-14-6-8-16(9-7-14)18(23)17(22)10-11-21-19(24)25-13-15-4-2-1-3-5-15/h1-9,17-18,22-23H,10-13H2,(H,21,24). The molecule has 0 aliphatic rings. The van der Waals surface area contributed by atoms with Gasteiger partial charge < -0.3 is 20.3 Å². The fraction of sp³-hybridized carbons (Fsp3) is 0.316. The molecular formula is C19H22ClNO4. The van der Waals surface area contributed by atoms with Crippen molar-refractivity contribution in [2.75, 3.05) is 6.54 Å². The summed E-state index contributed by atoms with van der Waals surface area (Å²) in [6.07, 6.45) is -2.36. The molecule has 2 rings (SSSR count). The highest BCUT2D eigenvalue weighted by molar-refractivity contribution is 6.17. The van der Waals surface area contributed by atoms with E-state index in [1.807, 2.05) is 30.3 Å². The molecule has 0 aliphatic carbocycles. The minimum Gasteiger partial charge on any atom is -0.445 e. The van der Waals surface area contributed by atoms with Gasteiger partial charge in [0.25, 0.3) is 0 Å². The van der Waals surface area contributed by atoms with Gasteiger partial charge in [-0.15, -0.1) is 11.6 Å². The molecule has 2 aromatic rings. The fourth-order valence-corrected chi connectivity index (χ4v) is 2.46. The summed E-state index contributed by atoms with van der Waals surface area (Å²) in [5, 5.41) is 22.8. The molecule has 6 heteroatoms. The Hall–Kier alpha value is -2.08. The maximum Gasteiger partial charge on any atom is 0.407 e. The molecule has 0 radical (unpaired) electrons. The van der Waals surface area contributed by atoms with Crippen molar-refractivity contribution in [2.45, 2.75) is 31.1 Å². The molecule has 25 heavy (non-hydrogen) atoms. The molecular weight excluding hydrogens is 342 g/mol. The Balaban J connectivity index is 1.69. The molecule has 2 atom stereocenters. The number of alkyl carbamates (subject to hydrolysis) is 1. The molecule has 1 amide bonds. The predicted molar refractivity (Wildman–Crippen MR) is 96.2 cm³/mol. The Labute approximate surface area is 152 Å². The van der Waals surface area contributed by atoms with Crippen LogP contribution in [-0.4, -0.2) is 29.0 Å². The zero-order valence-electron chi connectivity index (χ0n) is 13.8. The van der Waals surface area contributed by atoms with Crippen LogP contribution in [0.5, 0.6) is 0 Å². The second-order valence-corrected chi connectivity index (χ2v) is 5.93. The minimum atomic E-state index is -1.02. The summed E-state index contributed by atoms with van der Waals surface area (Å²) in [5.41, 5.74) is 2.44. The smallest absolute Gasteiger partial charge is 0.407 e. The van der Waals surface area contributed by atoms with E-state index in [1.165, 1.54) is 0 Å². The van der Waals surface area contributed by atoms with Crippen molar-refractivity contribution in [2.24, 2.45) is 0 Å². The Bertz CT molecular complexity index is 648. The molecule has 0 saturated carbocycles. The van der Waals surface area contributed by atoms with E-state index in [-0.39, 0.29) is 19.6 Å². The number of halogens is 1. The molecule has 134 valence electrons. The Kier molecular flexibility index (Phi) is 7.73. The number of benzene rings is 2. The van der Waals surface area contributed by atoms with Gasteiger partial charge in [0, 0.05) is 12.4 Å².